The summed E-state index contributed by atoms with van der Waals surface area (Å²) in [6.07, 6.45) is 2.71. The van der Waals surface area contributed by atoms with Gasteiger partial charge >= 0.3 is 6.18 Å². The van der Waals surface area contributed by atoms with E-state index in [1.54, 1.807) is 0 Å². The van der Waals surface area contributed by atoms with Gasteiger partial charge in [-0.25, -0.2) is 9.97 Å². The maximum Gasteiger partial charge on any atom is 0.433 e. The zero-order chi connectivity index (χ0) is 17.9. The van der Waals surface area contributed by atoms with Crippen molar-refractivity contribution in [2.75, 3.05) is 23.3 Å². The smallest absolute Gasteiger partial charge is 0.341 e. The van der Waals surface area contributed by atoms with Crippen molar-refractivity contribution in [2.24, 2.45) is 0 Å². The summed E-state index contributed by atoms with van der Waals surface area (Å²) in [6, 6.07) is 1.85. The predicted octanol–water partition coefficient (Wildman–Crippen LogP) is 3.13. The lowest BCUT2D eigenvalue weighted by Gasteiger charge is -2.26. The van der Waals surface area contributed by atoms with Gasteiger partial charge in [-0.15, -0.1) is 0 Å². The van der Waals surface area contributed by atoms with Gasteiger partial charge in [0.1, 0.15) is 5.69 Å². The quantitative estimate of drug-likeness (QED) is 0.920. The molecule has 0 saturated carbocycles. The van der Waals surface area contributed by atoms with Gasteiger partial charge in [-0.1, -0.05) is 0 Å². The number of hydrogen-bond donors (Lipinski definition) is 1. The minimum atomic E-state index is -4.53. The fourth-order valence-corrected chi connectivity index (χ4v) is 2.54. The molecule has 3 rings (SSSR count). The number of piperidine rings is 1. The molecule has 0 aliphatic carbocycles. The minimum Gasteiger partial charge on any atom is -0.341 e. The number of hydrogen-bond acceptors (Lipinski definition) is 5. The Balaban J connectivity index is 1.64. The summed E-state index contributed by atoms with van der Waals surface area (Å²) in [5.74, 6) is 0.0319. The third-order valence-corrected chi connectivity index (χ3v) is 3.85. The van der Waals surface area contributed by atoms with E-state index in [2.05, 4.69) is 25.2 Å². The third-order valence-electron chi connectivity index (χ3n) is 3.85. The van der Waals surface area contributed by atoms with Gasteiger partial charge in [-0.2, -0.15) is 13.2 Å². The normalized spacial score (nSPS) is 15.1. The number of amides is 1. The third kappa shape index (κ3) is 4.23. The van der Waals surface area contributed by atoms with Gasteiger partial charge in [-0.3, -0.25) is 9.78 Å². The summed E-state index contributed by atoms with van der Waals surface area (Å²) >= 11 is 0. The van der Waals surface area contributed by atoms with Crippen LogP contribution in [-0.4, -0.2) is 33.9 Å². The van der Waals surface area contributed by atoms with Crippen LogP contribution in [-0.2, 0) is 6.18 Å². The van der Waals surface area contributed by atoms with Crippen molar-refractivity contribution in [3.8, 4) is 0 Å². The number of alkyl halides is 3. The molecule has 1 aliphatic rings. The molecule has 6 nitrogen and oxygen atoms in total. The highest BCUT2D eigenvalue weighted by atomic mass is 19.4. The fourth-order valence-electron chi connectivity index (χ4n) is 2.54. The molecule has 9 heteroatoms. The van der Waals surface area contributed by atoms with Crippen LogP contribution in [0.2, 0.25) is 0 Å². The highest BCUT2D eigenvalue weighted by Gasteiger charge is 2.32. The summed E-state index contributed by atoms with van der Waals surface area (Å²) in [7, 11) is 0. The number of carbonyl (C=O) groups excluding carboxylic acids is 1. The molecular weight excluding hydrogens is 335 g/mol. The number of anilines is 2. The average molecular weight is 351 g/mol. The molecule has 25 heavy (non-hydrogen) atoms. The number of aromatic nitrogens is 3. The van der Waals surface area contributed by atoms with Crippen LogP contribution in [0, 0.1) is 0 Å². The number of halogens is 3. The van der Waals surface area contributed by atoms with Crippen LogP contribution in [0.3, 0.4) is 0 Å². The Labute approximate surface area is 142 Å². The molecule has 0 spiro atoms. The molecule has 2 aromatic rings. The van der Waals surface area contributed by atoms with E-state index in [0.717, 1.165) is 44.3 Å². The zero-order valence-electron chi connectivity index (χ0n) is 13.3. The number of pyridine rings is 1. The van der Waals surface area contributed by atoms with Gasteiger partial charge in [0, 0.05) is 19.3 Å². The van der Waals surface area contributed by atoms with Gasteiger partial charge in [0.05, 0.1) is 23.6 Å². The standard InChI is InChI=1S/C16H16F3N5O/c17-16(18,19)13-5-4-11(8-20-13)14(25)23-12-9-21-15(22-10-12)24-6-2-1-3-7-24/h4-5,8-10H,1-3,6-7H2,(H,23,25). The summed E-state index contributed by atoms with van der Waals surface area (Å²) < 4.78 is 37.4. The second-order valence-electron chi connectivity index (χ2n) is 5.70. The molecule has 1 fully saturated rings. The number of carbonyl (C=O) groups is 1. The second kappa shape index (κ2) is 7.04. The van der Waals surface area contributed by atoms with Crippen LogP contribution in [0.15, 0.2) is 30.7 Å². The first kappa shape index (κ1) is 17.1. The Morgan fingerprint density at radius 2 is 1.68 bits per heavy atom. The lowest BCUT2D eigenvalue weighted by molar-refractivity contribution is -0.141. The monoisotopic (exact) mass is 351 g/mol. The van der Waals surface area contributed by atoms with Crippen LogP contribution in [0.4, 0.5) is 24.8 Å². The van der Waals surface area contributed by atoms with Crippen molar-refractivity contribution in [3.63, 3.8) is 0 Å². The van der Waals surface area contributed by atoms with Crippen LogP contribution in [0.5, 0.6) is 0 Å². The molecule has 1 aliphatic heterocycles. The largest absolute Gasteiger partial charge is 0.433 e. The molecule has 0 bridgehead atoms. The van der Waals surface area contributed by atoms with Gasteiger partial charge < -0.3 is 10.2 Å². The van der Waals surface area contributed by atoms with Gasteiger partial charge in [-0.05, 0) is 31.4 Å². The molecule has 0 aromatic carbocycles. The van der Waals surface area contributed by atoms with E-state index in [-0.39, 0.29) is 5.56 Å². The van der Waals surface area contributed by atoms with Crippen molar-refractivity contribution >= 4 is 17.5 Å². The second-order valence-corrected chi connectivity index (χ2v) is 5.70. The zero-order valence-corrected chi connectivity index (χ0v) is 13.3. The molecule has 1 saturated heterocycles. The van der Waals surface area contributed by atoms with E-state index in [1.165, 1.54) is 18.8 Å². The number of rotatable bonds is 3. The summed E-state index contributed by atoms with van der Waals surface area (Å²) in [4.78, 5) is 25.9. The van der Waals surface area contributed by atoms with Crippen LogP contribution >= 0.6 is 0 Å². The van der Waals surface area contributed by atoms with E-state index in [4.69, 9.17) is 0 Å². The Bertz CT molecular complexity index is 725. The summed E-state index contributed by atoms with van der Waals surface area (Å²) in [6.45, 7) is 1.81. The summed E-state index contributed by atoms with van der Waals surface area (Å²) in [5, 5.41) is 2.54. The maximum atomic E-state index is 12.5. The Morgan fingerprint density at radius 3 is 2.24 bits per heavy atom. The van der Waals surface area contributed by atoms with E-state index in [9.17, 15) is 18.0 Å². The Hall–Kier alpha value is -2.71. The van der Waals surface area contributed by atoms with Gasteiger partial charge in [0.15, 0.2) is 0 Å². The topological polar surface area (TPSA) is 71.0 Å². The first-order valence-corrected chi connectivity index (χ1v) is 7.85. The molecule has 0 unspecified atom stereocenters. The Kier molecular flexibility index (Phi) is 4.82. The molecule has 1 amide bonds. The van der Waals surface area contributed by atoms with Crippen LogP contribution in [0.25, 0.3) is 0 Å². The highest BCUT2D eigenvalue weighted by molar-refractivity contribution is 6.03. The first-order valence-electron chi connectivity index (χ1n) is 7.85. The summed E-state index contributed by atoms with van der Waals surface area (Å²) in [5.41, 5.74) is -0.656. The SMILES string of the molecule is O=C(Nc1cnc(N2CCCCC2)nc1)c1ccc(C(F)(F)F)nc1. The van der Waals surface area contributed by atoms with E-state index in [1.807, 2.05) is 0 Å². The molecular formula is C16H16F3N5O. The molecule has 3 heterocycles. The van der Waals surface area contributed by atoms with Crippen molar-refractivity contribution in [2.45, 2.75) is 25.4 Å². The van der Waals surface area contributed by atoms with Crippen LogP contribution in [0.1, 0.15) is 35.3 Å². The molecule has 1 N–H and O–H groups in total. The molecule has 2 aromatic heterocycles. The van der Waals surface area contributed by atoms with Crippen LogP contribution < -0.4 is 10.2 Å². The molecule has 132 valence electrons. The molecule has 0 atom stereocenters. The maximum absolute atomic E-state index is 12.5. The lowest BCUT2D eigenvalue weighted by atomic mass is 10.1. The lowest BCUT2D eigenvalue weighted by Crippen LogP contribution is -2.30. The molecule has 0 radical (unpaired) electrons. The average Bonchev–Trinajstić information content (AvgIpc) is 2.62. The van der Waals surface area contributed by atoms with Crippen molar-refractivity contribution in [1.82, 2.24) is 15.0 Å². The number of nitrogens with one attached hydrogen (secondary N) is 1. The predicted molar refractivity (Wildman–Crippen MR) is 85.3 cm³/mol. The van der Waals surface area contributed by atoms with Gasteiger partial charge in [0.2, 0.25) is 5.95 Å². The first-order chi connectivity index (χ1) is 11.9. The van der Waals surface area contributed by atoms with Gasteiger partial charge in [0.25, 0.3) is 5.91 Å². The van der Waals surface area contributed by atoms with Crippen molar-refractivity contribution in [3.05, 3.63) is 42.0 Å². The van der Waals surface area contributed by atoms with E-state index >= 15 is 0 Å². The van der Waals surface area contributed by atoms with E-state index in [0.29, 0.717) is 11.6 Å². The Morgan fingerprint density at radius 1 is 1.00 bits per heavy atom. The van der Waals surface area contributed by atoms with E-state index < -0.39 is 17.8 Å². The number of nitrogens with zero attached hydrogens (tertiary/aromatic N) is 4. The van der Waals surface area contributed by atoms with Crippen molar-refractivity contribution in [1.29, 1.82) is 0 Å². The minimum absolute atomic E-state index is 0.0214. The fraction of sp³-hybridized carbons (Fsp3) is 0.375. The van der Waals surface area contributed by atoms with Crippen molar-refractivity contribution < 1.29 is 18.0 Å². The highest BCUT2D eigenvalue weighted by Crippen LogP contribution is 2.27.